The van der Waals surface area contributed by atoms with Gasteiger partial charge >= 0.3 is 0 Å². The SMILES string of the molecule is COCCNC(=O)C(C)NCc1ccc(C)c(Br)c1. The highest BCUT2D eigenvalue weighted by atomic mass is 79.9. The molecule has 0 aliphatic rings. The minimum Gasteiger partial charge on any atom is -0.383 e. The Morgan fingerprint density at radius 3 is 2.84 bits per heavy atom. The van der Waals surface area contributed by atoms with Crippen molar-refractivity contribution in [2.24, 2.45) is 0 Å². The Morgan fingerprint density at radius 1 is 1.47 bits per heavy atom. The molecular formula is C14H21BrN2O2. The zero-order valence-electron chi connectivity index (χ0n) is 11.6. The van der Waals surface area contributed by atoms with E-state index >= 15 is 0 Å². The molecule has 1 unspecified atom stereocenters. The van der Waals surface area contributed by atoms with Gasteiger partial charge in [0.15, 0.2) is 0 Å². The van der Waals surface area contributed by atoms with E-state index < -0.39 is 0 Å². The fourth-order valence-electron chi connectivity index (χ4n) is 1.54. The summed E-state index contributed by atoms with van der Waals surface area (Å²) in [5.74, 6) is -0.0109. The highest BCUT2D eigenvalue weighted by Crippen LogP contribution is 2.17. The maximum absolute atomic E-state index is 11.7. The van der Waals surface area contributed by atoms with Crippen molar-refractivity contribution >= 4 is 21.8 Å². The van der Waals surface area contributed by atoms with Gasteiger partial charge in [-0.3, -0.25) is 4.79 Å². The van der Waals surface area contributed by atoms with Gasteiger partial charge in [0, 0.05) is 24.7 Å². The molecule has 0 spiro atoms. The monoisotopic (exact) mass is 328 g/mol. The molecule has 0 fully saturated rings. The molecule has 0 aromatic heterocycles. The summed E-state index contributed by atoms with van der Waals surface area (Å²) in [5.41, 5.74) is 2.35. The van der Waals surface area contributed by atoms with E-state index in [1.165, 1.54) is 5.56 Å². The summed E-state index contributed by atoms with van der Waals surface area (Å²) in [6, 6.07) is 5.96. The molecule has 0 heterocycles. The van der Waals surface area contributed by atoms with E-state index in [2.05, 4.69) is 44.8 Å². The zero-order chi connectivity index (χ0) is 14.3. The van der Waals surface area contributed by atoms with Gasteiger partial charge in [-0.15, -0.1) is 0 Å². The first-order valence-corrected chi connectivity index (χ1v) is 7.09. The summed E-state index contributed by atoms with van der Waals surface area (Å²) in [5, 5.41) is 6.00. The number of carbonyl (C=O) groups excluding carboxylic acids is 1. The van der Waals surface area contributed by atoms with Gasteiger partial charge in [0.2, 0.25) is 5.91 Å². The molecule has 1 atom stereocenters. The molecule has 0 bridgehead atoms. The van der Waals surface area contributed by atoms with Gasteiger partial charge in [-0.25, -0.2) is 0 Å². The van der Waals surface area contributed by atoms with Crippen LogP contribution in [-0.2, 0) is 16.1 Å². The topological polar surface area (TPSA) is 50.4 Å². The van der Waals surface area contributed by atoms with Crippen LogP contribution in [0.3, 0.4) is 0 Å². The average molecular weight is 329 g/mol. The lowest BCUT2D eigenvalue weighted by Gasteiger charge is -2.14. The fourth-order valence-corrected chi connectivity index (χ4v) is 1.97. The van der Waals surface area contributed by atoms with Crippen molar-refractivity contribution in [1.82, 2.24) is 10.6 Å². The Labute approximate surface area is 123 Å². The number of carbonyl (C=O) groups is 1. The second kappa shape index (κ2) is 8.30. The summed E-state index contributed by atoms with van der Waals surface area (Å²) in [6.45, 7) is 5.64. The molecule has 5 heteroatoms. The van der Waals surface area contributed by atoms with Gasteiger partial charge in [0.05, 0.1) is 12.6 Å². The Bertz CT molecular complexity index is 424. The summed E-state index contributed by atoms with van der Waals surface area (Å²) < 4.78 is 5.97. The molecule has 1 aromatic rings. The average Bonchev–Trinajstić information content (AvgIpc) is 2.40. The summed E-state index contributed by atoms with van der Waals surface area (Å²) in [6.07, 6.45) is 0. The van der Waals surface area contributed by atoms with Gasteiger partial charge in [-0.2, -0.15) is 0 Å². The van der Waals surface area contributed by atoms with E-state index in [0.29, 0.717) is 19.7 Å². The Kier molecular flexibility index (Phi) is 7.05. The van der Waals surface area contributed by atoms with E-state index in [1.54, 1.807) is 7.11 Å². The molecule has 4 nitrogen and oxygen atoms in total. The predicted octanol–water partition coefficient (Wildman–Crippen LogP) is 2.00. The van der Waals surface area contributed by atoms with Gasteiger partial charge in [-0.05, 0) is 31.0 Å². The zero-order valence-corrected chi connectivity index (χ0v) is 13.2. The minimum atomic E-state index is -0.225. The van der Waals surface area contributed by atoms with Crippen molar-refractivity contribution in [3.8, 4) is 0 Å². The molecule has 19 heavy (non-hydrogen) atoms. The van der Waals surface area contributed by atoms with Crippen LogP contribution in [0.1, 0.15) is 18.1 Å². The van der Waals surface area contributed by atoms with E-state index in [1.807, 2.05) is 13.8 Å². The first-order chi connectivity index (χ1) is 9.04. The van der Waals surface area contributed by atoms with Crippen LogP contribution >= 0.6 is 15.9 Å². The number of hydrogen-bond acceptors (Lipinski definition) is 3. The number of methoxy groups -OCH3 is 1. The van der Waals surface area contributed by atoms with E-state index in [0.717, 1.165) is 10.0 Å². The fraction of sp³-hybridized carbons (Fsp3) is 0.500. The largest absolute Gasteiger partial charge is 0.383 e. The number of ether oxygens (including phenoxy) is 1. The summed E-state index contributed by atoms with van der Waals surface area (Å²) >= 11 is 3.50. The summed E-state index contributed by atoms with van der Waals surface area (Å²) in [7, 11) is 1.61. The quantitative estimate of drug-likeness (QED) is 0.753. The second-order valence-corrected chi connectivity index (χ2v) is 5.32. The van der Waals surface area contributed by atoms with Crippen LogP contribution in [-0.4, -0.2) is 32.2 Å². The Morgan fingerprint density at radius 2 is 2.21 bits per heavy atom. The van der Waals surface area contributed by atoms with Crippen molar-refractivity contribution in [1.29, 1.82) is 0 Å². The second-order valence-electron chi connectivity index (χ2n) is 4.47. The third-order valence-corrected chi connectivity index (χ3v) is 3.70. The third kappa shape index (κ3) is 5.72. The van der Waals surface area contributed by atoms with Crippen molar-refractivity contribution < 1.29 is 9.53 Å². The molecule has 1 rings (SSSR count). The lowest BCUT2D eigenvalue weighted by molar-refractivity contribution is -0.122. The molecule has 2 N–H and O–H groups in total. The lowest BCUT2D eigenvalue weighted by Crippen LogP contribution is -2.42. The highest BCUT2D eigenvalue weighted by Gasteiger charge is 2.11. The van der Waals surface area contributed by atoms with Crippen LogP contribution in [0.15, 0.2) is 22.7 Å². The van der Waals surface area contributed by atoms with Crippen LogP contribution < -0.4 is 10.6 Å². The number of hydrogen-bond donors (Lipinski definition) is 2. The van der Waals surface area contributed by atoms with Crippen LogP contribution in [0.4, 0.5) is 0 Å². The molecule has 106 valence electrons. The lowest BCUT2D eigenvalue weighted by atomic mass is 10.1. The van der Waals surface area contributed by atoms with E-state index in [-0.39, 0.29) is 11.9 Å². The van der Waals surface area contributed by atoms with Crippen molar-refractivity contribution in [3.05, 3.63) is 33.8 Å². The number of amides is 1. The smallest absolute Gasteiger partial charge is 0.236 e. The molecule has 0 radical (unpaired) electrons. The van der Waals surface area contributed by atoms with Crippen molar-refractivity contribution in [3.63, 3.8) is 0 Å². The standard InChI is InChI=1S/C14H21BrN2O2/c1-10-4-5-12(8-13(10)15)9-17-11(2)14(18)16-6-7-19-3/h4-5,8,11,17H,6-7,9H2,1-3H3,(H,16,18). The highest BCUT2D eigenvalue weighted by molar-refractivity contribution is 9.10. The van der Waals surface area contributed by atoms with E-state index in [4.69, 9.17) is 4.74 Å². The minimum absolute atomic E-state index is 0.0109. The van der Waals surface area contributed by atoms with Crippen LogP contribution in [0.5, 0.6) is 0 Å². The van der Waals surface area contributed by atoms with Gasteiger partial charge < -0.3 is 15.4 Å². The third-order valence-electron chi connectivity index (χ3n) is 2.85. The maximum atomic E-state index is 11.7. The van der Waals surface area contributed by atoms with Gasteiger partial charge in [-0.1, -0.05) is 28.1 Å². The maximum Gasteiger partial charge on any atom is 0.236 e. The first-order valence-electron chi connectivity index (χ1n) is 6.29. The van der Waals surface area contributed by atoms with Gasteiger partial charge in [0.1, 0.15) is 0 Å². The molecule has 0 saturated heterocycles. The van der Waals surface area contributed by atoms with Crippen LogP contribution in [0.2, 0.25) is 0 Å². The Hall–Kier alpha value is -0.910. The van der Waals surface area contributed by atoms with Crippen LogP contribution in [0.25, 0.3) is 0 Å². The van der Waals surface area contributed by atoms with Crippen molar-refractivity contribution in [2.45, 2.75) is 26.4 Å². The normalized spacial score (nSPS) is 12.2. The van der Waals surface area contributed by atoms with E-state index in [9.17, 15) is 4.79 Å². The predicted molar refractivity (Wildman–Crippen MR) is 80.1 cm³/mol. The summed E-state index contributed by atoms with van der Waals surface area (Å²) in [4.78, 5) is 11.7. The first kappa shape index (κ1) is 16.1. The number of aryl methyl sites for hydroxylation is 1. The number of nitrogens with one attached hydrogen (secondary N) is 2. The molecule has 1 amide bonds. The van der Waals surface area contributed by atoms with Gasteiger partial charge in [0.25, 0.3) is 0 Å². The molecule has 1 aromatic carbocycles. The number of rotatable bonds is 7. The number of benzene rings is 1. The molecule has 0 aliphatic carbocycles. The van der Waals surface area contributed by atoms with Crippen molar-refractivity contribution in [2.75, 3.05) is 20.3 Å². The number of halogens is 1. The molecular weight excluding hydrogens is 308 g/mol. The molecule has 0 aliphatic heterocycles. The Balaban J connectivity index is 2.38. The van der Waals surface area contributed by atoms with Crippen LogP contribution in [0, 0.1) is 6.92 Å². The molecule has 0 saturated carbocycles.